The highest BCUT2D eigenvalue weighted by Crippen LogP contribution is 2.37. The van der Waals surface area contributed by atoms with E-state index in [9.17, 15) is 31.2 Å². The van der Waals surface area contributed by atoms with Gasteiger partial charge in [0.15, 0.2) is 0 Å². The summed E-state index contributed by atoms with van der Waals surface area (Å²) in [6.07, 6.45) is -6.96. The number of carbonyl (C=O) groups is 2. The lowest BCUT2D eigenvalue weighted by Gasteiger charge is -2.44. The van der Waals surface area contributed by atoms with Gasteiger partial charge in [0.05, 0.1) is 16.4 Å². The number of hydrogen-bond donors (Lipinski definition) is 0. The van der Waals surface area contributed by atoms with Crippen LogP contribution in [-0.4, -0.2) is 63.4 Å². The van der Waals surface area contributed by atoms with Gasteiger partial charge in [-0.1, -0.05) is 17.7 Å². The summed E-state index contributed by atoms with van der Waals surface area (Å²) in [5.41, 5.74) is -0.626. The SMILES string of the molecule is CC(=O)OCC1(COC(C)=O)C[C@@H](OC(F)(F)F)CN(S(=O)(=O)c2ccc(C)cc2)C1. The van der Waals surface area contributed by atoms with Crippen LogP contribution >= 0.6 is 0 Å². The predicted octanol–water partition coefficient (Wildman–Crippen LogP) is 2.41. The topological polar surface area (TPSA) is 99.2 Å². The number of halogens is 3. The van der Waals surface area contributed by atoms with Gasteiger partial charge in [-0.15, -0.1) is 13.2 Å². The van der Waals surface area contributed by atoms with Crippen molar-refractivity contribution in [3.05, 3.63) is 29.8 Å². The number of carbonyl (C=O) groups excluding carboxylic acids is 2. The van der Waals surface area contributed by atoms with Gasteiger partial charge in [-0.05, 0) is 25.5 Å². The third kappa shape index (κ3) is 7.18. The molecular formula is C19H24F3NO7S. The third-order valence-electron chi connectivity index (χ3n) is 4.70. The van der Waals surface area contributed by atoms with Gasteiger partial charge in [0.1, 0.15) is 13.2 Å². The smallest absolute Gasteiger partial charge is 0.465 e. The van der Waals surface area contributed by atoms with Crippen molar-refractivity contribution in [1.82, 2.24) is 4.31 Å². The zero-order valence-electron chi connectivity index (χ0n) is 17.3. The number of alkyl halides is 3. The lowest BCUT2D eigenvalue weighted by atomic mass is 9.81. The Labute approximate surface area is 178 Å². The first-order valence-electron chi connectivity index (χ1n) is 9.31. The summed E-state index contributed by atoms with van der Waals surface area (Å²) in [5, 5.41) is 0. The lowest BCUT2D eigenvalue weighted by Crippen LogP contribution is -2.56. The van der Waals surface area contributed by atoms with E-state index in [0.717, 1.165) is 23.7 Å². The van der Waals surface area contributed by atoms with E-state index in [0.29, 0.717) is 0 Å². The van der Waals surface area contributed by atoms with Crippen LogP contribution < -0.4 is 0 Å². The zero-order valence-corrected chi connectivity index (χ0v) is 18.1. The van der Waals surface area contributed by atoms with Crippen molar-refractivity contribution in [1.29, 1.82) is 0 Å². The zero-order chi connectivity index (χ0) is 23.4. The molecule has 0 spiro atoms. The average Bonchev–Trinajstić information content (AvgIpc) is 2.64. The van der Waals surface area contributed by atoms with E-state index >= 15 is 0 Å². The van der Waals surface area contributed by atoms with Crippen LogP contribution in [0.5, 0.6) is 0 Å². The largest absolute Gasteiger partial charge is 0.522 e. The molecule has 1 aromatic rings. The average molecular weight is 467 g/mol. The standard InChI is InChI=1S/C19H24F3NO7S/c1-13-4-6-17(7-5-13)31(26,27)23-9-16(30-19(20,21)22)8-18(10-23,11-28-14(2)24)12-29-15(3)25/h4-7,16H,8-12H2,1-3H3/t16-/m1/s1. The number of benzene rings is 1. The lowest BCUT2D eigenvalue weighted by molar-refractivity contribution is -0.349. The molecule has 1 aliphatic heterocycles. The van der Waals surface area contributed by atoms with Crippen molar-refractivity contribution in [2.45, 2.75) is 44.6 Å². The van der Waals surface area contributed by atoms with Crippen LogP contribution in [0.3, 0.4) is 0 Å². The third-order valence-corrected chi connectivity index (χ3v) is 6.53. The summed E-state index contributed by atoms with van der Waals surface area (Å²) in [6, 6.07) is 5.81. The van der Waals surface area contributed by atoms with Crippen molar-refractivity contribution >= 4 is 22.0 Å². The Morgan fingerprint density at radius 3 is 2.06 bits per heavy atom. The van der Waals surface area contributed by atoms with Crippen molar-refractivity contribution in [3.8, 4) is 0 Å². The first-order chi connectivity index (χ1) is 14.2. The number of esters is 2. The summed E-state index contributed by atoms with van der Waals surface area (Å²) in [4.78, 5) is 22.6. The van der Waals surface area contributed by atoms with Crippen molar-refractivity contribution < 1.29 is 45.4 Å². The Morgan fingerprint density at radius 2 is 1.61 bits per heavy atom. The maximum Gasteiger partial charge on any atom is 0.522 e. The molecule has 0 amide bonds. The summed E-state index contributed by atoms with van der Waals surface area (Å²) in [7, 11) is -4.21. The van der Waals surface area contributed by atoms with Crippen molar-refractivity contribution in [2.75, 3.05) is 26.3 Å². The Balaban J connectivity index is 2.44. The molecule has 31 heavy (non-hydrogen) atoms. The van der Waals surface area contributed by atoms with Gasteiger partial charge in [-0.2, -0.15) is 4.31 Å². The quantitative estimate of drug-likeness (QED) is 0.568. The fourth-order valence-electron chi connectivity index (χ4n) is 3.35. The summed E-state index contributed by atoms with van der Waals surface area (Å²) >= 11 is 0. The van der Waals surface area contributed by atoms with Crippen molar-refractivity contribution in [2.24, 2.45) is 5.41 Å². The first-order valence-corrected chi connectivity index (χ1v) is 10.7. The van der Waals surface area contributed by atoms with Gasteiger partial charge < -0.3 is 9.47 Å². The second-order valence-corrected chi connectivity index (χ2v) is 9.50. The Kier molecular flexibility index (Phi) is 7.71. The maximum absolute atomic E-state index is 13.1. The molecular weight excluding hydrogens is 443 g/mol. The fourth-order valence-corrected chi connectivity index (χ4v) is 4.93. The van der Waals surface area contributed by atoms with Crippen LogP contribution in [0.4, 0.5) is 13.2 Å². The van der Waals surface area contributed by atoms with Crippen LogP contribution in [0, 0.1) is 12.3 Å². The molecule has 1 atom stereocenters. The second-order valence-electron chi connectivity index (χ2n) is 7.56. The predicted molar refractivity (Wildman–Crippen MR) is 101 cm³/mol. The molecule has 1 heterocycles. The number of ether oxygens (including phenoxy) is 3. The molecule has 1 fully saturated rings. The molecule has 12 heteroatoms. The van der Waals surface area contributed by atoms with E-state index in [4.69, 9.17) is 9.47 Å². The number of piperidine rings is 1. The van der Waals surface area contributed by atoms with Gasteiger partial charge in [-0.3, -0.25) is 14.3 Å². The highest BCUT2D eigenvalue weighted by molar-refractivity contribution is 7.89. The van der Waals surface area contributed by atoms with E-state index in [1.54, 1.807) is 19.1 Å². The minimum Gasteiger partial charge on any atom is -0.465 e. The van der Waals surface area contributed by atoms with Gasteiger partial charge >= 0.3 is 18.3 Å². The van der Waals surface area contributed by atoms with Crippen LogP contribution in [0.15, 0.2) is 29.2 Å². The van der Waals surface area contributed by atoms with E-state index in [1.807, 2.05) is 0 Å². The molecule has 1 aliphatic rings. The fraction of sp³-hybridized carbons (Fsp3) is 0.579. The molecule has 0 N–H and O–H groups in total. The van der Waals surface area contributed by atoms with Crippen LogP contribution in [0.25, 0.3) is 0 Å². The van der Waals surface area contributed by atoms with Gasteiger partial charge in [0.25, 0.3) is 0 Å². The minimum atomic E-state index is -5.02. The highest BCUT2D eigenvalue weighted by atomic mass is 32.2. The molecule has 174 valence electrons. The first kappa shape index (κ1) is 25.1. The van der Waals surface area contributed by atoms with Gasteiger partial charge in [0.2, 0.25) is 10.0 Å². The van der Waals surface area contributed by atoms with E-state index in [-0.39, 0.29) is 17.9 Å². The highest BCUT2D eigenvalue weighted by Gasteiger charge is 2.49. The second kappa shape index (κ2) is 9.53. The summed E-state index contributed by atoms with van der Waals surface area (Å²) < 4.78 is 80.1. The van der Waals surface area contributed by atoms with Crippen LogP contribution in [-0.2, 0) is 33.8 Å². The van der Waals surface area contributed by atoms with Gasteiger partial charge in [-0.25, -0.2) is 8.42 Å². The number of rotatable bonds is 7. The molecule has 0 radical (unpaired) electrons. The van der Waals surface area contributed by atoms with E-state index in [2.05, 4.69) is 4.74 Å². The van der Waals surface area contributed by atoms with E-state index < -0.39 is 59.6 Å². The molecule has 0 saturated carbocycles. The minimum absolute atomic E-state index is 0.111. The molecule has 0 aliphatic carbocycles. The van der Waals surface area contributed by atoms with Crippen molar-refractivity contribution in [3.63, 3.8) is 0 Å². The summed E-state index contributed by atoms with van der Waals surface area (Å²) in [5.74, 6) is -1.43. The number of nitrogens with zero attached hydrogens (tertiary/aromatic N) is 1. The number of hydrogen-bond acceptors (Lipinski definition) is 7. The van der Waals surface area contributed by atoms with E-state index in [1.165, 1.54) is 12.1 Å². The molecule has 1 saturated heterocycles. The van der Waals surface area contributed by atoms with Crippen LogP contribution in [0.2, 0.25) is 0 Å². The summed E-state index contributed by atoms with van der Waals surface area (Å²) in [6.45, 7) is 2.16. The molecule has 8 nitrogen and oxygen atoms in total. The molecule has 0 unspecified atom stereocenters. The maximum atomic E-state index is 13.1. The molecule has 2 rings (SSSR count). The van der Waals surface area contributed by atoms with Gasteiger partial charge in [0, 0.05) is 26.9 Å². The number of sulfonamides is 1. The van der Waals surface area contributed by atoms with Crippen LogP contribution in [0.1, 0.15) is 25.8 Å². The molecule has 0 aromatic heterocycles. The Morgan fingerprint density at radius 1 is 1.10 bits per heavy atom. The Bertz CT molecular complexity index is 882. The Hall–Kier alpha value is -2.18. The number of aryl methyl sites for hydroxylation is 1. The molecule has 0 bridgehead atoms. The molecule has 1 aromatic carbocycles. The normalized spacial score (nSPS) is 19.6. The monoisotopic (exact) mass is 467 g/mol.